The summed E-state index contributed by atoms with van der Waals surface area (Å²) < 4.78 is 0. The van der Waals surface area contributed by atoms with Crippen molar-refractivity contribution in [3.8, 4) is 0 Å². The van der Waals surface area contributed by atoms with Crippen LogP contribution < -0.4 is 0 Å². The topological polar surface area (TPSA) is 0 Å². The molecule has 0 N–H and O–H groups in total. The molecule has 0 aromatic rings. The van der Waals surface area contributed by atoms with Gasteiger partial charge in [-0.1, -0.05) is 55.7 Å². The van der Waals surface area contributed by atoms with E-state index in [2.05, 4.69) is 30.4 Å². The minimum absolute atomic E-state index is 0.851. The quantitative estimate of drug-likeness (QED) is 0.564. The van der Waals surface area contributed by atoms with Crippen molar-refractivity contribution in [2.24, 2.45) is 5.92 Å². The zero-order valence-electron chi connectivity index (χ0n) is 8.58. The Labute approximate surface area is 82.0 Å². The lowest BCUT2D eigenvalue weighted by Gasteiger charge is -2.17. The molecule has 0 aromatic heterocycles. The van der Waals surface area contributed by atoms with E-state index in [1.54, 1.807) is 0 Å². The maximum absolute atomic E-state index is 2.36. The molecular formula is C13H20. The first-order valence-electron chi connectivity index (χ1n) is 5.39. The van der Waals surface area contributed by atoms with E-state index in [9.17, 15) is 0 Å². The molecule has 1 aliphatic carbocycles. The SMILES string of the molecule is C\C=C/C=C\C=C\C1CCCCC1. The van der Waals surface area contributed by atoms with E-state index in [1.807, 2.05) is 13.0 Å². The first-order valence-corrected chi connectivity index (χ1v) is 5.39. The van der Waals surface area contributed by atoms with Crippen LogP contribution in [0.5, 0.6) is 0 Å². The largest absolute Gasteiger partial charge is 0.0877 e. The van der Waals surface area contributed by atoms with Gasteiger partial charge in [0.05, 0.1) is 0 Å². The second-order valence-corrected chi connectivity index (χ2v) is 3.69. The van der Waals surface area contributed by atoms with Crippen molar-refractivity contribution in [2.75, 3.05) is 0 Å². The van der Waals surface area contributed by atoms with Crippen LogP contribution >= 0.6 is 0 Å². The standard InChI is InChI=1S/C13H20/c1-2-3-4-5-7-10-13-11-8-6-9-12-13/h2-5,7,10,13H,6,8-9,11-12H2,1H3/b3-2-,5-4-,10-7+. The second-order valence-electron chi connectivity index (χ2n) is 3.69. The Morgan fingerprint density at radius 2 is 1.54 bits per heavy atom. The highest BCUT2D eigenvalue weighted by Crippen LogP contribution is 2.24. The third-order valence-corrected chi connectivity index (χ3v) is 2.56. The van der Waals surface area contributed by atoms with E-state index >= 15 is 0 Å². The average molecular weight is 176 g/mol. The van der Waals surface area contributed by atoms with E-state index in [0.29, 0.717) is 0 Å². The van der Waals surface area contributed by atoms with Gasteiger partial charge < -0.3 is 0 Å². The molecule has 0 amide bonds. The summed E-state index contributed by atoms with van der Waals surface area (Å²) in [6, 6.07) is 0. The Balaban J connectivity index is 2.21. The Hall–Kier alpha value is -0.780. The molecule has 0 unspecified atom stereocenters. The highest BCUT2D eigenvalue weighted by molar-refractivity contribution is 5.11. The number of hydrogen-bond donors (Lipinski definition) is 0. The maximum Gasteiger partial charge on any atom is -0.0230 e. The molecule has 1 rings (SSSR count). The molecule has 1 saturated carbocycles. The molecule has 1 fully saturated rings. The van der Waals surface area contributed by atoms with Crippen LogP contribution in [-0.4, -0.2) is 0 Å². The van der Waals surface area contributed by atoms with Crippen LogP contribution in [0, 0.1) is 5.92 Å². The minimum atomic E-state index is 0.851. The van der Waals surface area contributed by atoms with E-state index in [0.717, 1.165) is 5.92 Å². The van der Waals surface area contributed by atoms with Gasteiger partial charge in [-0.15, -0.1) is 0 Å². The van der Waals surface area contributed by atoms with Gasteiger partial charge in [0.15, 0.2) is 0 Å². The zero-order valence-corrected chi connectivity index (χ0v) is 8.58. The minimum Gasteiger partial charge on any atom is -0.0877 e. The van der Waals surface area contributed by atoms with Crippen molar-refractivity contribution >= 4 is 0 Å². The van der Waals surface area contributed by atoms with Crippen LogP contribution in [0.2, 0.25) is 0 Å². The molecule has 0 atom stereocenters. The summed E-state index contributed by atoms with van der Waals surface area (Å²) in [4.78, 5) is 0. The second kappa shape index (κ2) is 6.71. The van der Waals surface area contributed by atoms with Gasteiger partial charge in [-0.05, 0) is 25.7 Å². The lowest BCUT2D eigenvalue weighted by Crippen LogP contribution is -2.02. The van der Waals surface area contributed by atoms with E-state index < -0.39 is 0 Å². The van der Waals surface area contributed by atoms with Gasteiger partial charge >= 0.3 is 0 Å². The lowest BCUT2D eigenvalue weighted by molar-refractivity contribution is 0.419. The normalized spacial score (nSPS) is 21.0. The van der Waals surface area contributed by atoms with Gasteiger partial charge in [-0.2, -0.15) is 0 Å². The van der Waals surface area contributed by atoms with Crippen molar-refractivity contribution in [2.45, 2.75) is 39.0 Å². The summed E-state index contributed by atoms with van der Waals surface area (Å²) in [6.07, 6.45) is 19.9. The third kappa shape index (κ3) is 4.72. The Bertz CT molecular complexity index is 190. The van der Waals surface area contributed by atoms with Gasteiger partial charge in [-0.25, -0.2) is 0 Å². The van der Waals surface area contributed by atoms with Gasteiger partial charge in [-0.3, -0.25) is 0 Å². The molecule has 0 heteroatoms. The van der Waals surface area contributed by atoms with Crippen LogP contribution in [-0.2, 0) is 0 Å². The summed E-state index contributed by atoms with van der Waals surface area (Å²) in [7, 11) is 0. The van der Waals surface area contributed by atoms with Crippen LogP contribution in [0.1, 0.15) is 39.0 Å². The molecule has 72 valence electrons. The molecule has 0 nitrogen and oxygen atoms in total. The molecule has 0 radical (unpaired) electrons. The van der Waals surface area contributed by atoms with Crippen molar-refractivity contribution < 1.29 is 0 Å². The first-order chi connectivity index (χ1) is 6.43. The van der Waals surface area contributed by atoms with Gasteiger partial charge in [0.1, 0.15) is 0 Å². The summed E-state index contributed by atoms with van der Waals surface area (Å²) in [5.41, 5.74) is 0. The van der Waals surface area contributed by atoms with Crippen molar-refractivity contribution in [1.29, 1.82) is 0 Å². The predicted molar refractivity (Wildman–Crippen MR) is 59.7 cm³/mol. The maximum atomic E-state index is 2.36. The zero-order chi connectivity index (χ0) is 9.36. The highest BCUT2D eigenvalue weighted by Gasteiger charge is 2.08. The van der Waals surface area contributed by atoms with Crippen molar-refractivity contribution in [1.82, 2.24) is 0 Å². The fraction of sp³-hybridized carbons (Fsp3) is 0.538. The Kier molecular flexibility index (Phi) is 5.31. The van der Waals surface area contributed by atoms with Crippen molar-refractivity contribution in [3.05, 3.63) is 36.5 Å². The molecule has 13 heavy (non-hydrogen) atoms. The molecular weight excluding hydrogens is 156 g/mol. The number of rotatable bonds is 3. The van der Waals surface area contributed by atoms with E-state index in [1.165, 1.54) is 32.1 Å². The Morgan fingerprint density at radius 1 is 0.846 bits per heavy atom. The van der Waals surface area contributed by atoms with Crippen LogP contribution in [0.25, 0.3) is 0 Å². The smallest absolute Gasteiger partial charge is 0.0230 e. The molecule has 0 aromatic carbocycles. The van der Waals surface area contributed by atoms with Crippen LogP contribution in [0.4, 0.5) is 0 Å². The monoisotopic (exact) mass is 176 g/mol. The summed E-state index contributed by atoms with van der Waals surface area (Å²) in [5, 5.41) is 0. The Morgan fingerprint density at radius 3 is 2.23 bits per heavy atom. The summed E-state index contributed by atoms with van der Waals surface area (Å²) in [5.74, 6) is 0.851. The predicted octanol–water partition coefficient (Wildman–Crippen LogP) is 4.26. The molecule has 0 spiro atoms. The molecule has 0 heterocycles. The number of hydrogen-bond acceptors (Lipinski definition) is 0. The average Bonchev–Trinajstić information content (AvgIpc) is 2.19. The third-order valence-electron chi connectivity index (χ3n) is 2.56. The first kappa shape index (κ1) is 10.3. The summed E-state index contributed by atoms with van der Waals surface area (Å²) in [6.45, 7) is 2.04. The van der Waals surface area contributed by atoms with Crippen LogP contribution in [0.3, 0.4) is 0 Å². The molecule has 0 bridgehead atoms. The van der Waals surface area contributed by atoms with Gasteiger partial charge in [0.25, 0.3) is 0 Å². The van der Waals surface area contributed by atoms with Crippen LogP contribution in [0.15, 0.2) is 36.5 Å². The summed E-state index contributed by atoms with van der Waals surface area (Å²) >= 11 is 0. The molecule has 0 saturated heterocycles. The van der Waals surface area contributed by atoms with Gasteiger partial charge in [0.2, 0.25) is 0 Å². The molecule has 1 aliphatic rings. The lowest BCUT2D eigenvalue weighted by atomic mass is 9.89. The fourth-order valence-corrected chi connectivity index (χ4v) is 1.79. The number of allylic oxidation sites excluding steroid dienone is 6. The van der Waals surface area contributed by atoms with E-state index in [-0.39, 0.29) is 0 Å². The fourth-order valence-electron chi connectivity index (χ4n) is 1.79. The highest BCUT2D eigenvalue weighted by atomic mass is 14.1. The van der Waals surface area contributed by atoms with Gasteiger partial charge in [0, 0.05) is 0 Å². The van der Waals surface area contributed by atoms with E-state index in [4.69, 9.17) is 0 Å². The van der Waals surface area contributed by atoms with Crippen molar-refractivity contribution in [3.63, 3.8) is 0 Å². The molecule has 0 aliphatic heterocycles.